The van der Waals surface area contributed by atoms with Gasteiger partial charge in [0.1, 0.15) is 12.0 Å². The summed E-state index contributed by atoms with van der Waals surface area (Å²) in [5.41, 5.74) is 6.48. The monoisotopic (exact) mass is 340 g/mol. The molecule has 0 saturated heterocycles. The smallest absolute Gasteiger partial charge is 0.124 e. The Morgan fingerprint density at radius 2 is 2.16 bits per heavy atom. The van der Waals surface area contributed by atoms with Crippen LogP contribution in [0.1, 0.15) is 31.5 Å². The maximum atomic E-state index is 14.0. The third kappa shape index (κ3) is 3.48. The fourth-order valence-corrected chi connectivity index (χ4v) is 3.48. The topological polar surface area (TPSA) is 32.2 Å². The highest BCUT2D eigenvalue weighted by Crippen LogP contribution is 2.30. The predicted octanol–water partition coefficient (Wildman–Crippen LogP) is 3.44. The van der Waals surface area contributed by atoms with E-state index in [0.717, 1.165) is 30.8 Å². The van der Waals surface area contributed by atoms with Crippen molar-refractivity contribution < 1.29 is 4.39 Å². The SMILES string of the molecule is CCN1NC=C[C@@H]1n1cccc1-c1cc(F)ccc1CCNC1CC1. The van der Waals surface area contributed by atoms with Crippen molar-refractivity contribution in [3.63, 3.8) is 0 Å². The van der Waals surface area contributed by atoms with Crippen molar-refractivity contribution in [3.05, 3.63) is 60.2 Å². The van der Waals surface area contributed by atoms with Crippen molar-refractivity contribution in [2.45, 2.75) is 38.4 Å². The van der Waals surface area contributed by atoms with Gasteiger partial charge in [-0.1, -0.05) is 13.0 Å². The Hall–Kier alpha value is -2.11. The van der Waals surface area contributed by atoms with E-state index >= 15 is 0 Å². The minimum atomic E-state index is -0.186. The Morgan fingerprint density at radius 3 is 2.96 bits per heavy atom. The lowest BCUT2D eigenvalue weighted by Crippen LogP contribution is -2.35. The maximum absolute atomic E-state index is 14.0. The van der Waals surface area contributed by atoms with Crippen molar-refractivity contribution in [1.29, 1.82) is 0 Å². The number of rotatable bonds is 7. The molecule has 132 valence electrons. The Balaban J connectivity index is 1.63. The molecule has 4 nitrogen and oxygen atoms in total. The summed E-state index contributed by atoms with van der Waals surface area (Å²) in [5, 5.41) is 5.70. The molecule has 2 heterocycles. The van der Waals surface area contributed by atoms with Gasteiger partial charge in [0.25, 0.3) is 0 Å². The van der Waals surface area contributed by atoms with Gasteiger partial charge >= 0.3 is 0 Å². The molecule has 1 aliphatic carbocycles. The summed E-state index contributed by atoms with van der Waals surface area (Å²) in [7, 11) is 0. The molecule has 1 aliphatic heterocycles. The summed E-state index contributed by atoms with van der Waals surface area (Å²) in [6.45, 7) is 3.94. The molecule has 0 spiro atoms. The Kier molecular flexibility index (Phi) is 4.59. The van der Waals surface area contributed by atoms with Gasteiger partial charge in [0, 0.05) is 30.5 Å². The number of hydrogen-bond acceptors (Lipinski definition) is 3. The zero-order chi connectivity index (χ0) is 17.2. The van der Waals surface area contributed by atoms with Crippen LogP contribution in [0.4, 0.5) is 4.39 Å². The number of aromatic nitrogens is 1. The molecule has 25 heavy (non-hydrogen) atoms. The predicted molar refractivity (Wildman–Crippen MR) is 98.2 cm³/mol. The molecule has 1 fully saturated rings. The molecule has 2 aromatic rings. The molecule has 1 aromatic heterocycles. The van der Waals surface area contributed by atoms with E-state index in [-0.39, 0.29) is 12.0 Å². The standard InChI is InChI=1S/C20H25FN4/c1-2-25-20(10-12-23-25)24-13-3-4-19(24)18-14-16(21)6-5-15(18)9-11-22-17-7-8-17/h3-6,10,12-14,17,20,22-23H,2,7-9,11H2,1H3/t20-/m1/s1. The average Bonchev–Trinajstić information content (AvgIpc) is 3.11. The third-order valence-electron chi connectivity index (χ3n) is 4.99. The number of nitrogens with one attached hydrogen (secondary N) is 2. The lowest BCUT2D eigenvalue weighted by Gasteiger charge is -2.26. The van der Waals surface area contributed by atoms with Crippen LogP contribution in [-0.4, -0.2) is 28.7 Å². The molecule has 0 bridgehead atoms. The van der Waals surface area contributed by atoms with Crippen molar-refractivity contribution in [2.24, 2.45) is 0 Å². The number of nitrogens with zero attached hydrogens (tertiary/aromatic N) is 2. The second kappa shape index (κ2) is 7.02. The summed E-state index contributed by atoms with van der Waals surface area (Å²) < 4.78 is 16.2. The van der Waals surface area contributed by atoms with E-state index < -0.39 is 0 Å². The van der Waals surface area contributed by atoms with Crippen LogP contribution in [0, 0.1) is 5.82 Å². The molecule has 4 rings (SSSR count). The van der Waals surface area contributed by atoms with Gasteiger partial charge < -0.3 is 15.3 Å². The highest BCUT2D eigenvalue weighted by molar-refractivity contribution is 5.65. The number of benzene rings is 1. The fraction of sp³-hybridized carbons (Fsp3) is 0.400. The van der Waals surface area contributed by atoms with E-state index in [9.17, 15) is 4.39 Å². The van der Waals surface area contributed by atoms with Crippen LogP contribution >= 0.6 is 0 Å². The van der Waals surface area contributed by atoms with Gasteiger partial charge in [0.05, 0.1) is 5.69 Å². The number of likely N-dealkylation sites (N-methyl/N-ethyl adjacent to an activating group) is 1. The first-order valence-corrected chi connectivity index (χ1v) is 9.15. The first-order chi connectivity index (χ1) is 12.3. The van der Waals surface area contributed by atoms with Gasteiger partial charge in [-0.25, -0.2) is 4.39 Å². The van der Waals surface area contributed by atoms with Crippen LogP contribution in [0.2, 0.25) is 0 Å². The van der Waals surface area contributed by atoms with Crippen LogP contribution in [0.5, 0.6) is 0 Å². The summed E-state index contributed by atoms with van der Waals surface area (Å²) in [6.07, 6.45) is 9.74. The average molecular weight is 340 g/mol. The second-order valence-electron chi connectivity index (χ2n) is 6.77. The zero-order valence-corrected chi connectivity index (χ0v) is 14.6. The van der Waals surface area contributed by atoms with Crippen LogP contribution in [-0.2, 0) is 6.42 Å². The van der Waals surface area contributed by atoms with Crippen LogP contribution < -0.4 is 10.7 Å². The first-order valence-electron chi connectivity index (χ1n) is 9.15. The Bertz CT molecular complexity index is 763. The van der Waals surface area contributed by atoms with Gasteiger partial charge in [0.2, 0.25) is 0 Å². The molecule has 0 unspecified atom stereocenters. The highest BCUT2D eigenvalue weighted by Gasteiger charge is 2.23. The normalized spacial score (nSPS) is 20.2. The largest absolute Gasteiger partial charge is 0.326 e. The quantitative estimate of drug-likeness (QED) is 0.810. The van der Waals surface area contributed by atoms with E-state index in [2.05, 4.69) is 45.6 Å². The van der Waals surface area contributed by atoms with Crippen LogP contribution in [0.25, 0.3) is 11.3 Å². The lowest BCUT2D eigenvalue weighted by atomic mass is 10.0. The van der Waals surface area contributed by atoms with Crippen molar-refractivity contribution in [1.82, 2.24) is 20.3 Å². The maximum Gasteiger partial charge on any atom is 0.124 e. The first kappa shape index (κ1) is 16.4. The van der Waals surface area contributed by atoms with Crippen molar-refractivity contribution in [3.8, 4) is 11.3 Å². The van der Waals surface area contributed by atoms with Gasteiger partial charge in [-0.05, 0) is 61.7 Å². The van der Waals surface area contributed by atoms with E-state index in [4.69, 9.17) is 0 Å². The summed E-state index contributed by atoms with van der Waals surface area (Å²) in [4.78, 5) is 0. The van der Waals surface area contributed by atoms with Gasteiger partial charge in [-0.2, -0.15) is 5.01 Å². The molecule has 2 N–H and O–H groups in total. The fourth-order valence-electron chi connectivity index (χ4n) is 3.48. The second-order valence-corrected chi connectivity index (χ2v) is 6.77. The summed E-state index contributed by atoms with van der Waals surface area (Å²) >= 11 is 0. The zero-order valence-electron chi connectivity index (χ0n) is 14.6. The summed E-state index contributed by atoms with van der Waals surface area (Å²) in [6, 6.07) is 9.97. The van der Waals surface area contributed by atoms with Crippen molar-refractivity contribution >= 4 is 0 Å². The minimum absolute atomic E-state index is 0.107. The number of hydrogen-bond donors (Lipinski definition) is 2. The Morgan fingerprint density at radius 1 is 1.28 bits per heavy atom. The molecule has 2 aliphatic rings. The van der Waals surface area contributed by atoms with Gasteiger partial charge in [-0.3, -0.25) is 0 Å². The van der Waals surface area contributed by atoms with Gasteiger partial charge in [0.15, 0.2) is 0 Å². The Labute approximate surface area is 148 Å². The number of hydrazine groups is 1. The molecular formula is C20H25FN4. The third-order valence-corrected chi connectivity index (χ3v) is 4.99. The molecule has 1 atom stereocenters. The van der Waals surface area contributed by atoms with E-state index in [1.807, 2.05) is 18.3 Å². The summed E-state index contributed by atoms with van der Waals surface area (Å²) in [5.74, 6) is -0.186. The molecule has 0 amide bonds. The van der Waals surface area contributed by atoms with Crippen molar-refractivity contribution in [2.75, 3.05) is 13.1 Å². The molecule has 5 heteroatoms. The number of halogens is 1. The molecule has 0 radical (unpaired) electrons. The lowest BCUT2D eigenvalue weighted by molar-refractivity contribution is 0.165. The molecular weight excluding hydrogens is 315 g/mol. The highest BCUT2D eigenvalue weighted by atomic mass is 19.1. The van der Waals surface area contributed by atoms with E-state index in [0.29, 0.717) is 6.04 Å². The van der Waals surface area contributed by atoms with Gasteiger partial charge in [-0.15, -0.1) is 0 Å². The molecule has 1 aromatic carbocycles. The minimum Gasteiger partial charge on any atom is -0.326 e. The molecule has 1 saturated carbocycles. The van der Waals surface area contributed by atoms with E-state index in [1.165, 1.54) is 18.4 Å². The van der Waals surface area contributed by atoms with Crippen LogP contribution in [0.3, 0.4) is 0 Å². The van der Waals surface area contributed by atoms with Crippen LogP contribution in [0.15, 0.2) is 48.8 Å². The van der Waals surface area contributed by atoms with E-state index in [1.54, 1.807) is 12.1 Å².